The number of hydrogen-bond donors (Lipinski definition) is 1. The number of nitrogens with zero attached hydrogens (tertiary/aromatic N) is 2. The number of rotatable bonds is 7. The van der Waals surface area contributed by atoms with Gasteiger partial charge < -0.3 is 5.32 Å². The Bertz CT molecular complexity index is 1130. The quantitative estimate of drug-likeness (QED) is 0.354. The molecule has 0 bridgehead atoms. The summed E-state index contributed by atoms with van der Waals surface area (Å²) in [7, 11) is 0. The molecule has 7 heteroatoms. The van der Waals surface area contributed by atoms with Gasteiger partial charge in [-0.3, -0.25) is 14.2 Å². The summed E-state index contributed by atoms with van der Waals surface area (Å²) >= 11 is 2.93. The number of fused-ring (bicyclic) bond motifs is 3. The molecule has 150 valence electrons. The minimum absolute atomic E-state index is 0.00964. The molecule has 1 aliphatic rings. The van der Waals surface area contributed by atoms with Crippen molar-refractivity contribution in [1.29, 1.82) is 0 Å². The van der Waals surface area contributed by atoms with Crippen LogP contribution in [0.15, 0.2) is 52.4 Å². The van der Waals surface area contributed by atoms with Crippen LogP contribution in [0.5, 0.6) is 0 Å². The predicted molar refractivity (Wildman–Crippen MR) is 120 cm³/mol. The van der Waals surface area contributed by atoms with E-state index in [-0.39, 0.29) is 17.2 Å². The van der Waals surface area contributed by atoms with Gasteiger partial charge in [0, 0.05) is 18.0 Å². The lowest BCUT2D eigenvalue weighted by molar-refractivity contribution is -0.118. The number of aryl methyl sites for hydroxylation is 2. The number of thiophene rings is 1. The minimum atomic E-state index is -0.0799. The molecule has 0 unspecified atom stereocenters. The summed E-state index contributed by atoms with van der Waals surface area (Å²) in [6.07, 6.45) is 3.09. The molecule has 29 heavy (non-hydrogen) atoms. The second-order valence-corrected chi connectivity index (χ2v) is 9.36. The van der Waals surface area contributed by atoms with Crippen molar-refractivity contribution in [3.8, 4) is 0 Å². The van der Waals surface area contributed by atoms with Crippen molar-refractivity contribution in [1.82, 2.24) is 14.9 Å². The molecule has 1 aromatic carbocycles. The first kappa shape index (κ1) is 19.9. The van der Waals surface area contributed by atoms with Crippen molar-refractivity contribution >= 4 is 39.2 Å². The van der Waals surface area contributed by atoms with E-state index in [0.717, 1.165) is 40.6 Å². The molecule has 0 fully saturated rings. The summed E-state index contributed by atoms with van der Waals surface area (Å²) in [4.78, 5) is 32.4. The van der Waals surface area contributed by atoms with Crippen LogP contribution in [0.2, 0.25) is 0 Å². The number of aromatic nitrogens is 2. The fourth-order valence-corrected chi connectivity index (χ4v) is 5.69. The molecule has 4 rings (SSSR count). The zero-order chi connectivity index (χ0) is 20.4. The average Bonchev–Trinajstić information content (AvgIpc) is 3.28. The van der Waals surface area contributed by atoms with Crippen LogP contribution in [-0.4, -0.2) is 21.2 Å². The summed E-state index contributed by atoms with van der Waals surface area (Å²) in [6.45, 7) is 6.76. The van der Waals surface area contributed by atoms with Gasteiger partial charge in [-0.05, 0) is 37.3 Å². The lowest BCUT2D eigenvalue weighted by Gasteiger charge is -2.12. The maximum atomic E-state index is 13.2. The molecule has 2 aromatic heterocycles. The van der Waals surface area contributed by atoms with Crippen molar-refractivity contribution in [3.05, 3.63) is 68.8 Å². The third-order valence-electron chi connectivity index (χ3n) is 4.88. The highest BCUT2D eigenvalue weighted by Crippen LogP contribution is 2.35. The number of amides is 1. The third-order valence-corrected chi connectivity index (χ3v) is 7.04. The van der Waals surface area contributed by atoms with E-state index in [9.17, 15) is 9.59 Å². The summed E-state index contributed by atoms with van der Waals surface area (Å²) < 4.78 is 1.67. The highest BCUT2D eigenvalue weighted by atomic mass is 32.2. The molecule has 0 saturated carbocycles. The van der Waals surface area contributed by atoms with Gasteiger partial charge in [0.05, 0.1) is 11.1 Å². The van der Waals surface area contributed by atoms with E-state index in [4.69, 9.17) is 4.98 Å². The van der Waals surface area contributed by atoms with Gasteiger partial charge in [-0.25, -0.2) is 4.98 Å². The monoisotopic (exact) mass is 425 g/mol. The second kappa shape index (κ2) is 8.55. The Hall–Kier alpha value is -2.38. The van der Waals surface area contributed by atoms with Crippen LogP contribution in [0.25, 0.3) is 10.2 Å². The number of carbonyl (C=O) groups is 1. The van der Waals surface area contributed by atoms with Crippen LogP contribution in [0.4, 0.5) is 0 Å². The first-order chi connectivity index (χ1) is 14.0. The molecular weight excluding hydrogens is 402 g/mol. The molecule has 0 atom stereocenters. The van der Waals surface area contributed by atoms with E-state index in [1.807, 2.05) is 37.3 Å². The molecule has 0 radical (unpaired) electrons. The van der Waals surface area contributed by atoms with Gasteiger partial charge in [0.1, 0.15) is 4.83 Å². The molecule has 1 amide bonds. The number of hydrogen-bond acceptors (Lipinski definition) is 5. The Kier molecular flexibility index (Phi) is 5.87. The molecule has 0 aliphatic heterocycles. The zero-order valence-electron chi connectivity index (χ0n) is 16.4. The molecule has 1 N–H and O–H groups in total. The fraction of sp³-hybridized carbons (Fsp3) is 0.318. The Labute approximate surface area is 177 Å². The summed E-state index contributed by atoms with van der Waals surface area (Å²) in [5.41, 5.74) is 3.10. The SMILES string of the molecule is C=C(C)Cn1c(SCC(=O)NCc2ccccc2)nc2sc3c(c2c1=O)CCC3. The van der Waals surface area contributed by atoms with Crippen molar-refractivity contribution in [2.75, 3.05) is 5.75 Å². The van der Waals surface area contributed by atoms with E-state index in [2.05, 4.69) is 11.9 Å². The van der Waals surface area contributed by atoms with E-state index < -0.39 is 0 Å². The molecule has 2 heterocycles. The number of thioether (sulfide) groups is 1. The predicted octanol–water partition coefficient (Wildman–Crippen LogP) is 3.93. The summed E-state index contributed by atoms with van der Waals surface area (Å²) in [5.74, 6) is 0.134. The Balaban J connectivity index is 1.55. The maximum absolute atomic E-state index is 13.2. The van der Waals surface area contributed by atoms with Gasteiger partial charge in [-0.1, -0.05) is 54.2 Å². The summed E-state index contributed by atoms with van der Waals surface area (Å²) in [6, 6.07) is 9.80. The van der Waals surface area contributed by atoms with Crippen molar-refractivity contribution in [2.24, 2.45) is 0 Å². The van der Waals surface area contributed by atoms with Gasteiger partial charge in [0.2, 0.25) is 5.91 Å². The third kappa shape index (κ3) is 4.31. The topological polar surface area (TPSA) is 64.0 Å². The normalized spacial score (nSPS) is 12.9. The van der Waals surface area contributed by atoms with Crippen LogP contribution in [0, 0.1) is 0 Å². The number of allylic oxidation sites excluding steroid dienone is 1. The van der Waals surface area contributed by atoms with Crippen molar-refractivity contribution in [3.63, 3.8) is 0 Å². The number of nitrogens with one attached hydrogen (secondary N) is 1. The fourth-order valence-electron chi connectivity index (χ4n) is 3.56. The van der Waals surface area contributed by atoms with E-state index >= 15 is 0 Å². The standard InChI is InChI=1S/C22H23N3O2S2/c1-14(2)12-25-21(27)19-16-9-6-10-17(16)29-20(19)24-22(25)28-13-18(26)23-11-15-7-4-3-5-8-15/h3-5,7-8H,1,6,9-13H2,2H3,(H,23,26). The van der Waals surface area contributed by atoms with Crippen LogP contribution in [0.3, 0.4) is 0 Å². The number of carbonyl (C=O) groups excluding carboxylic acids is 1. The first-order valence-corrected chi connectivity index (χ1v) is 11.5. The minimum Gasteiger partial charge on any atom is -0.351 e. The Morgan fingerprint density at radius 2 is 2.10 bits per heavy atom. The molecular formula is C22H23N3O2S2. The zero-order valence-corrected chi connectivity index (χ0v) is 18.0. The van der Waals surface area contributed by atoms with Crippen molar-refractivity contribution < 1.29 is 4.79 Å². The van der Waals surface area contributed by atoms with Crippen molar-refractivity contribution in [2.45, 2.75) is 44.4 Å². The Morgan fingerprint density at radius 1 is 1.31 bits per heavy atom. The van der Waals surface area contributed by atoms with Crippen LogP contribution in [-0.2, 0) is 30.7 Å². The van der Waals surface area contributed by atoms with E-state index in [1.165, 1.54) is 22.2 Å². The first-order valence-electron chi connectivity index (χ1n) is 9.66. The van der Waals surface area contributed by atoms with Gasteiger partial charge in [-0.2, -0.15) is 0 Å². The average molecular weight is 426 g/mol. The summed E-state index contributed by atoms with van der Waals surface area (Å²) in [5, 5.41) is 4.27. The van der Waals surface area contributed by atoms with Gasteiger partial charge in [0.25, 0.3) is 5.56 Å². The highest BCUT2D eigenvalue weighted by Gasteiger charge is 2.23. The van der Waals surface area contributed by atoms with Crippen LogP contribution < -0.4 is 10.9 Å². The lowest BCUT2D eigenvalue weighted by atomic mass is 10.2. The number of benzene rings is 1. The van der Waals surface area contributed by atoms with E-state index in [1.54, 1.807) is 15.9 Å². The molecule has 3 aromatic rings. The smallest absolute Gasteiger partial charge is 0.263 e. The molecule has 0 saturated heterocycles. The van der Waals surface area contributed by atoms with Crippen LogP contribution in [0.1, 0.15) is 29.3 Å². The molecule has 1 aliphatic carbocycles. The Morgan fingerprint density at radius 3 is 2.86 bits per heavy atom. The highest BCUT2D eigenvalue weighted by molar-refractivity contribution is 7.99. The molecule has 5 nitrogen and oxygen atoms in total. The van der Waals surface area contributed by atoms with Gasteiger partial charge >= 0.3 is 0 Å². The van der Waals surface area contributed by atoms with E-state index in [0.29, 0.717) is 18.2 Å². The largest absolute Gasteiger partial charge is 0.351 e. The van der Waals surface area contributed by atoms with Gasteiger partial charge in [0.15, 0.2) is 5.16 Å². The maximum Gasteiger partial charge on any atom is 0.263 e. The second-order valence-electron chi connectivity index (χ2n) is 7.33. The van der Waals surface area contributed by atoms with Crippen LogP contribution >= 0.6 is 23.1 Å². The molecule has 0 spiro atoms. The van der Waals surface area contributed by atoms with Gasteiger partial charge in [-0.15, -0.1) is 11.3 Å². The lowest BCUT2D eigenvalue weighted by Crippen LogP contribution is -2.27.